The van der Waals surface area contributed by atoms with E-state index in [1.54, 1.807) is 6.20 Å². The van der Waals surface area contributed by atoms with Crippen molar-refractivity contribution in [3.05, 3.63) is 89.6 Å². The van der Waals surface area contributed by atoms with E-state index in [9.17, 15) is 0 Å². The van der Waals surface area contributed by atoms with E-state index in [1.807, 2.05) is 54.6 Å². The minimum absolute atomic E-state index is 0.465. The number of benzene rings is 2. The minimum atomic E-state index is 0.465. The predicted octanol–water partition coefficient (Wildman–Crippen LogP) is 4.20. The van der Waals surface area contributed by atoms with Crippen molar-refractivity contribution in [1.29, 1.82) is 0 Å². The topological polar surface area (TPSA) is 60.5 Å². The third-order valence-corrected chi connectivity index (χ3v) is 3.87. The number of nitrogens with zero attached hydrogens (tertiary/aromatic N) is 2. The highest BCUT2D eigenvalue weighted by Gasteiger charge is 2.06. The van der Waals surface area contributed by atoms with Gasteiger partial charge in [0.25, 0.3) is 0 Å². The smallest absolute Gasteiger partial charge is 0.196 e. The molecule has 0 unspecified atom stereocenters. The van der Waals surface area contributed by atoms with Gasteiger partial charge in [-0.3, -0.25) is 0 Å². The Morgan fingerprint density at radius 2 is 1.76 bits per heavy atom. The van der Waals surface area contributed by atoms with E-state index in [0.717, 1.165) is 11.1 Å². The lowest BCUT2D eigenvalue weighted by Gasteiger charge is -2.09. The van der Waals surface area contributed by atoms with Gasteiger partial charge in [-0.1, -0.05) is 54.6 Å². The number of hydrogen-bond donors (Lipinski definition) is 1. The largest absolute Gasteiger partial charge is 0.485 e. The fourth-order valence-electron chi connectivity index (χ4n) is 2.49. The van der Waals surface area contributed by atoms with Crippen molar-refractivity contribution >= 4 is 11.7 Å². The molecule has 4 heteroatoms. The SMILES string of the molecule is Cc1ccccc1C/C(N)=N\c1ncccc1OCc1ccccc1. The Morgan fingerprint density at radius 3 is 2.56 bits per heavy atom. The fraction of sp³-hybridized carbons (Fsp3) is 0.143. The molecule has 0 saturated heterocycles. The maximum absolute atomic E-state index is 6.14. The maximum Gasteiger partial charge on any atom is 0.196 e. The lowest BCUT2D eigenvalue weighted by atomic mass is 10.1. The monoisotopic (exact) mass is 331 g/mol. The van der Waals surface area contributed by atoms with Crippen molar-refractivity contribution in [2.45, 2.75) is 20.0 Å². The first-order chi connectivity index (χ1) is 12.2. The van der Waals surface area contributed by atoms with E-state index >= 15 is 0 Å². The molecule has 1 heterocycles. The average Bonchev–Trinajstić information content (AvgIpc) is 2.64. The molecule has 3 aromatic rings. The summed E-state index contributed by atoms with van der Waals surface area (Å²) in [5.41, 5.74) is 9.58. The lowest BCUT2D eigenvalue weighted by molar-refractivity contribution is 0.306. The van der Waals surface area contributed by atoms with Crippen molar-refractivity contribution < 1.29 is 4.74 Å². The normalized spacial score (nSPS) is 11.3. The molecule has 0 amide bonds. The molecule has 0 aliphatic carbocycles. The van der Waals surface area contributed by atoms with Gasteiger partial charge < -0.3 is 10.5 Å². The molecule has 0 spiro atoms. The minimum Gasteiger partial charge on any atom is -0.485 e. The molecule has 0 saturated carbocycles. The second-order valence-corrected chi connectivity index (χ2v) is 5.81. The molecular weight excluding hydrogens is 310 g/mol. The molecule has 2 N–H and O–H groups in total. The van der Waals surface area contributed by atoms with Gasteiger partial charge in [0.1, 0.15) is 12.4 Å². The summed E-state index contributed by atoms with van der Waals surface area (Å²) in [4.78, 5) is 8.77. The number of aryl methyl sites for hydroxylation is 1. The van der Waals surface area contributed by atoms with Gasteiger partial charge in [-0.2, -0.15) is 0 Å². The van der Waals surface area contributed by atoms with E-state index in [1.165, 1.54) is 5.56 Å². The van der Waals surface area contributed by atoms with E-state index in [4.69, 9.17) is 10.5 Å². The van der Waals surface area contributed by atoms with Crippen LogP contribution in [-0.4, -0.2) is 10.8 Å². The molecule has 0 atom stereocenters. The first-order valence-electron chi connectivity index (χ1n) is 8.21. The molecule has 0 fully saturated rings. The number of hydrogen-bond acceptors (Lipinski definition) is 3. The highest BCUT2D eigenvalue weighted by atomic mass is 16.5. The molecule has 2 aromatic carbocycles. The zero-order valence-corrected chi connectivity index (χ0v) is 14.2. The van der Waals surface area contributed by atoms with Crippen LogP contribution in [0.4, 0.5) is 5.82 Å². The van der Waals surface area contributed by atoms with Crippen molar-refractivity contribution in [3.63, 3.8) is 0 Å². The van der Waals surface area contributed by atoms with Crippen LogP contribution in [0.25, 0.3) is 0 Å². The van der Waals surface area contributed by atoms with Crippen LogP contribution in [0.1, 0.15) is 16.7 Å². The van der Waals surface area contributed by atoms with Crippen molar-refractivity contribution in [2.24, 2.45) is 10.7 Å². The molecule has 1 aromatic heterocycles. The standard InChI is InChI=1S/C21H21N3O/c1-16-8-5-6-11-18(16)14-20(22)24-21-19(12-7-13-23-21)25-15-17-9-3-2-4-10-17/h2-13H,14-15H2,1H3,(H2,22,23,24). The van der Waals surface area contributed by atoms with Gasteiger partial charge in [0.05, 0.1) is 0 Å². The second kappa shape index (κ2) is 8.11. The van der Waals surface area contributed by atoms with Gasteiger partial charge >= 0.3 is 0 Å². The van der Waals surface area contributed by atoms with Gasteiger partial charge in [-0.15, -0.1) is 0 Å². The predicted molar refractivity (Wildman–Crippen MR) is 101 cm³/mol. The van der Waals surface area contributed by atoms with Gasteiger partial charge in [-0.05, 0) is 35.7 Å². The Kier molecular flexibility index (Phi) is 5.42. The highest BCUT2D eigenvalue weighted by Crippen LogP contribution is 2.25. The molecule has 0 aliphatic rings. The summed E-state index contributed by atoms with van der Waals surface area (Å²) in [6.45, 7) is 2.53. The Bertz CT molecular complexity index is 860. The number of pyridine rings is 1. The molecule has 3 rings (SSSR count). The van der Waals surface area contributed by atoms with Gasteiger partial charge in [0.2, 0.25) is 0 Å². The summed E-state index contributed by atoms with van der Waals surface area (Å²) < 4.78 is 5.87. The fourth-order valence-corrected chi connectivity index (χ4v) is 2.49. The van der Waals surface area contributed by atoms with Gasteiger partial charge in [0.15, 0.2) is 11.6 Å². The van der Waals surface area contributed by atoms with E-state index in [-0.39, 0.29) is 0 Å². The zero-order chi connectivity index (χ0) is 17.5. The lowest BCUT2D eigenvalue weighted by Crippen LogP contribution is -2.15. The summed E-state index contributed by atoms with van der Waals surface area (Å²) >= 11 is 0. The van der Waals surface area contributed by atoms with Gasteiger partial charge in [0, 0.05) is 12.6 Å². The van der Waals surface area contributed by atoms with Crippen LogP contribution in [0.2, 0.25) is 0 Å². The molecule has 0 radical (unpaired) electrons. The highest BCUT2D eigenvalue weighted by molar-refractivity contribution is 5.85. The van der Waals surface area contributed by atoms with Crippen LogP contribution in [0, 0.1) is 6.92 Å². The molecule has 4 nitrogen and oxygen atoms in total. The number of aliphatic imine (C=N–C) groups is 1. The summed E-state index contributed by atoms with van der Waals surface area (Å²) in [6, 6.07) is 21.8. The molecule has 0 bridgehead atoms. The summed E-state index contributed by atoms with van der Waals surface area (Å²) in [7, 11) is 0. The molecule has 25 heavy (non-hydrogen) atoms. The quantitative estimate of drug-likeness (QED) is 0.544. The summed E-state index contributed by atoms with van der Waals surface area (Å²) in [5, 5.41) is 0. The first-order valence-corrected chi connectivity index (χ1v) is 8.21. The Morgan fingerprint density at radius 1 is 1.00 bits per heavy atom. The van der Waals surface area contributed by atoms with E-state index in [0.29, 0.717) is 30.4 Å². The third kappa shape index (κ3) is 4.67. The van der Waals surface area contributed by atoms with Crippen LogP contribution in [-0.2, 0) is 13.0 Å². The van der Waals surface area contributed by atoms with Crippen molar-refractivity contribution in [2.75, 3.05) is 0 Å². The number of amidine groups is 1. The van der Waals surface area contributed by atoms with Gasteiger partial charge in [-0.25, -0.2) is 9.98 Å². The van der Waals surface area contributed by atoms with E-state index in [2.05, 4.69) is 29.0 Å². The Labute approximate surface area is 148 Å². The number of rotatable bonds is 6. The zero-order valence-electron chi connectivity index (χ0n) is 14.2. The van der Waals surface area contributed by atoms with Crippen LogP contribution in [0.5, 0.6) is 5.75 Å². The van der Waals surface area contributed by atoms with Crippen molar-refractivity contribution in [3.8, 4) is 5.75 Å². The summed E-state index contributed by atoms with van der Waals surface area (Å²) in [5.74, 6) is 1.64. The maximum atomic E-state index is 6.14. The van der Waals surface area contributed by atoms with Crippen molar-refractivity contribution in [1.82, 2.24) is 4.98 Å². The number of aromatic nitrogens is 1. The summed E-state index contributed by atoms with van der Waals surface area (Å²) in [6.07, 6.45) is 2.27. The van der Waals surface area contributed by atoms with Crippen LogP contribution in [0.15, 0.2) is 77.9 Å². The second-order valence-electron chi connectivity index (χ2n) is 5.81. The van der Waals surface area contributed by atoms with Crippen LogP contribution >= 0.6 is 0 Å². The Balaban J connectivity index is 1.74. The van der Waals surface area contributed by atoms with E-state index < -0.39 is 0 Å². The number of ether oxygens (including phenoxy) is 1. The first kappa shape index (κ1) is 16.7. The number of nitrogens with two attached hydrogens (primary N) is 1. The molecular formula is C21H21N3O. The third-order valence-electron chi connectivity index (χ3n) is 3.87. The molecule has 126 valence electrons. The van der Waals surface area contributed by atoms with Crippen LogP contribution < -0.4 is 10.5 Å². The molecule has 0 aliphatic heterocycles. The Hall–Kier alpha value is -3.14. The van der Waals surface area contributed by atoms with Crippen LogP contribution in [0.3, 0.4) is 0 Å². The average molecular weight is 331 g/mol.